The number of sulfonamides is 1. The van der Waals surface area contributed by atoms with E-state index in [1.165, 1.54) is 17.0 Å². The molecule has 1 saturated carbocycles. The Balaban J connectivity index is 1.65. The van der Waals surface area contributed by atoms with Gasteiger partial charge in [0.2, 0.25) is 11.8 Å². The molecule has 1 aliphatic carbocycles. The van der Waals surface area contributed by atoms with E-state index in [9.17, 15) is 18.0 Å². The van der Waals surface area contributed by atoms with Crippen molar-refractivity contribution in [2.75, 3.05) is 24.6 Å². The van der Waals surface area contributed by atoms with Gasteiger partial charge in [-0.25, -0.2) is 8.42 Å². The molecule has 224 valence electrons. The van der Waals surface area contributed by atoms with Crippen molar-refractivity contribution in [1.82, 2.24) is 10.2 Å². The highest BCUT2D eigenvalue weighted by molar-refractivity contribution is 7.92. The number of carbonyl (C=O) groups is 2. The number of rotatable bonds is 13. The van der Waals surface area contributed by atoms with E-state index < -0.39 is 28.5 Å². The summed E-state index contributed by atoms with van der Waals surface area (Å²) in [4.78, 5) is 28.8. The summed E-state index contributed by atoms with van der Waals surface area (Å²) in [6.45, 7) is 3.61. The molecule has 1 fully saturated rings. The number of hydrogen-bond donors (Lipinski definition) is 1. The molecular weight excluding hydrogens is 554 g/mol. The van der Waals surface area contributed by atoms with Crippen LogP contribution in [-0.2, 0) is 26.2 Å². The lowest BCUT2D eigenvalue weighted by molar-refractivity contribution is -0.139. The highest BCUT2D eigenvalue weighted by Crippen LogP contribution is 2.26. The second-order valence-corrected chi connectivity index (χ2v) is 12.1. The highest BCUT2D eigenvalue weighted by Gasteiger charge is 2.33. The van der Waals surface area contributed by atoms with E-state index in [1.54, 1.807) is 68.6 Å². The summed E-state index contributed by atoms with van der Waals surface area (Å²) in [5.74, 6) is 0.453. The number of carbonyl (C=O) groups excluding carboxylic acids is 2. The maximum Gasteiger partial charge on any atom is 0.264 e. The standard InChI is InChI=1S/C32H39N3O6S/c1-4-41-29-18-20-30(21-19-29)42(38,39)35(27-12-6-5-7-13-27)23-31(36)34(22-25-14-16-28(40-3)17-15-25)24(2)32(37)33-26-10-8-9-11-26/h5-7,12-21,24,26H,4,8-11,22-23H2,1-3H3,(H,33,37)/t24-/m1/s1. The number of para-hydroxylation sites is 1. The third-order valence-corrected chi connectivity index (χ3v) is 9.21. The quantitative estimate of drug-likeness (QED) is 0.306. The van der Waals surface area contributed by atoms with Gasteiger partial charge in [0, 0.05) is 12.6 Å². The van der Waals surface area contributed by atoms with Crippen molar-refractivity contribution in [3.05, 3.63) is 84.4 Å². The second-order valence-electron chi connectivity index (χ2n) is 10.3. The van der Waals surface area contributed by atoms with E-state index in [1.807, 2.05) is 19.1 Å². The van der Waals surface area contributed by atoms with Crippen LogP contribution >= 0.6 is 0 Å². The molecule has 0 spiro atoms. The first kappa shape index (κ1) is 30.9. The zero-order chi connectivity index (χ0) is 30.1. The van der Waals surface area contributed by atoms with Gasteiger partial charge < -0.3 is 19.7 Å². The van der Waals surface area contributed by atoms with Crippen molar-refractivity contribution in [1.29, 1.82) is 0 Å². The van der Waals surface area contributed by atoms with E-state index in [2.05, 4.69) is 5.32 Å². The lowest BCUT2D eigenvalue weighted by atomic mass is 10.1. The molecule has 0 aromatic heterocycles. The van der Waals surface area contributed by atoms with Gasteiger partial charge in [-0.1, -0.05) is 43.2 Å². The molecule has 0 unspecified atom stereocenters. The van der Waals surface area contributed by atoms with E-state index in [-0.39, 0.29) is 23.4 Å². The molecule has 4 rings (SSSR count). The van der Waals surface area contributed by atoms with Crippen molar-refractivity contribution in [2.24, 2.45) is 0 Å². The Labute approximate surface area is 248 Å². The van der Waals surface area contributed by atoms with Crippen LogP contribution in [0.3, 0.4) is 0 Å². The van der Waals surface area contributed by atoms with Crippen LogP contribution in [0.2, 0.25) is 0 Å². The van der Waals surface area contributed by atoms with Crippen LogP contribution in [0.15, 0.2) is 83.8 Å². The van der Waals surface area contributed by atoms with E-state index in [0.717, 1.165) is 35.6 Å². The van der Waals surface area contributed by atoms with Crippen LogP contribution in [0.4, 0.5) is 5.69 Å². The third-order valence-electron chi connectivity index (χ3n) is 7.43. The van der Waals surface area contributed by atoms with Gasteiger partial charge >= 0.3 is 0 Å². The molecule has 9 nitrogen and oxygen atoms in total. The van der Waals surface area contributed by atoms with Gasteiger partial charge in [0.1, 0.15) is 24.1 Å². The summed E-state index contributed by atoms with van der Waals surface area (Å²) in [6.07, 6.45) is 3.94. The van der Waals surface area contributed by atoms with Crippen LogP contribution in [0.5, 0.6) is 11.5 Å². The molecule has 1 aliphatic rings. The molecule has 0 heterocycles. The molecule has 1 N–H and O–H groups in total. The summed E-state index contributed by atoms with van der Waals surface area (Å²) in [7, 11) is -2.57. The topological polar surface area (TPSA) is 105 Å². The van der Waals surface area contributed by atoms with E-state index in [4.69, 9.17) is 9.47 Å². The fraction of sp³-hybridized carbons (Fsp3) is 0.375. The Morgan fingerprint density at radius 3 is 2.14 bits per heavy atom. The number of benzene rings is 3. The number of nitrogens with zero attached hydrogens (tertiary/aromatic N) is 2. The summed E-state index contributed by atoms with van der Waals surface area (Å²) in [5, 5.41) is 3.08. The van der Waals surface area contributed by atoms with Gasteiger partial charge in [-0.15, -0.1) is 0 Å². The molecule has 2 amide bonds. The number of methoxy groups -OCH3 is 1. The molecule has 0 radical (unpaired) electrons. The van der Waals surface area contributed by atoms with Crippen LogP contribution in [0.25, 0.3) is 0 Å². The largest absolute Gasteiger partial charge is 0.497 e. The van der Waals surface area contributed by atoms with Crippen LogP contribution in [-0.4, -0.2) is 57.5 Å². The third kappa shape index (κ3) is 7.61. The van der Waals surface area contributed by atoms with Crippen LogP contribution in [0, 0.1) is 0 Å². The average molecular weight is 594 g/mol. The molecule has 0 bridgehead atoms. The molecule has 3 aromatic carbocycles. The van der Waals surface area contributed by atoms with E-state index >= 15 is 0 Å². The van der Waals surface area contributed by atoms with Crippen LogP contribution < -0.4 is 19.1 Å². The molecule has 1 atom stereocenters. The fourth-order valence-electron chi connectivity index (χ4n) is 5.03. The maximum absolute atomic E-state index is 14.0. The van der Waals surface area contributed by atoms with Crippen molar-refractivity contribution < 1.29 is 27.5 Å². The molecule has 0 saturated heterocycles. The van der Waals surface area contributed by atoms with E-state index in [0.29, 0.717) is 23.8 Å². The van der Waals surface area contributed by atoms with Gasteiger partial charge in [-0.3, -0.25) is 13.9 Å². The Morgan fingerprint density at radius 2 is 1.55 bits per heavy atom. The van der Waals surface area contributed by atoms with Gasteiger partial charge in [-0.05, 0) is 80.8 Å². The van der Waals surface area contributed by atoms with Crippen molar-refractivity contribution >= 4 is 27.5 Å². The predicted octanol–water partition coefficient (Wildman–Crippen LogP) is 4.77. The Bertz CT molecular complexity index is 1420. The zero-order valence-electron chi connectivity index (χ0n) is 24.4. The van der Waals surface area contributed by atoms with Gasteiger partial charge in [-0.2, -0.15) is 0 Å². The maximum atomic E-state index is 14.0. The second kappa shape index (κ2) is 14.2. The lowest BCUT2D eigenvalue weighted by Crippen LogP contribution is -2.52. The SMILES string of the molecule is CCOc1ccc(S(=O)(=O)N(CC(=O)N(Cc2ccc(OC)cc2)[C@H](C)C(=O)NC2CCCC2)c2ccccc2)cc1. The number of ether oxygens (including phenoxy) is 2. The van der Waals surface area contributed by atoms with Crippen molar-refractivity contribution in [3.8, 4) is 11.5 Å². The first-order valence-corrected chi connectivity index (χ1v) is 15.7. The average Bonchev–Trinajstić information content (AvgIpc) is 3.52. The normalized spacial score (nSPS) is 14.2. The van der Waals surface area contributed by atoms with Crippen molar-refractivity contribution in [3.63, 3.8) is 0 Å². The summed E-state index contributed by atoms with van der Waals surface area (Å²) in [6, 6.07) is 21.1. The van der Waals surface area contributed by atoms with Gasteiger partial charge in [0.05, 0.1) is 24.3 Å². The fourth-order valence-corrected chi connectivity index (χ4v) is 6.44. The predicted molar refractivity (Wildman–Crippen MR) is 162 cm³/mol. The highest BCUT2D eigenvalue weighted by atomic mass is 32.2. The first-order chi connectivity index (χ1) is 20.2. The number of amides is 2. The minimum atomic E-state index is -4.15. The minimum absolute atomic E-state index is 0.0244. The minimum Gasteiger partial charge on any atom is -0.497 e. The van der Waals surface area contributed by atoms with Gasteiger partial charge in [0.25, 0.3) is 10.0 Å². The monoisotopic (exact) mass is 593 g/mol. The summed E-state index contributed by atoms with van der Waals surface area (Å²) in [5.41, 5.74) is 1.12. The Kier molecular flexibility index (Phi) is 10.5. The molecular formula is C32H39N3O6S. The molecule has 42 heavy (non-hydrogen) atoms. The molecule has 3 aromatic rings. The van der Waals surface area contributed by atoms with Crippen molar-refractivity contribution in [2.45, 2.75) is 63.1 Å². The summed E-state index contributed by atoms with van der Waals surface area (Å²) < 4.78 is 39.7. The summed E-state index contributed by atoms with van der Waals surface area (Å²) >= 11 is 0. The zero-order valence-corrected chi connectivity index (χ0v) is 25.2. The van der Waals surface area contributed by atoms with Crippen LogP contribution in [0.1, 0.15) is 45.1 Å². The number of anilines is 1. The lowest BCUT2D eigenvalue weighted by Gasteiger charge is -2.32. The first-order valence-electron chi connectivity index (χ1n) is 14.3. The smallest absolute Gasteiger partial charge is 0.264 e. The Hall–Kier alpha value is -4.05. The number of nitrogens with one attached hydrogen (secondary N) is 1. The molecule has 10 heteroatoms. The Morgan fingerprint density at radius 1 is 0.929 bits per heavy atom. The van der Waals surface area contributed by atoms with Gasteiger partial charge in [0.15, 0.2) is 0 Å². The number of hydrogen-bond acceptors (Lipinski definition) is 6. The molecule has 0 aliphatic heterocycles.